The molecule has 17 heavy (non-hydrogen) atoms. The monoisotopic (exact) mass is 256 g/mol. The van der Waals surface area contributed by atoms with Crippen molar-refractivity contribution in [2.75, 3.05) is 0 Å². The van der Waals surface area contributed by atoms with Crippen LogP contribution in [0.25, 0.3) is 0 Å². The van der Waals surface area contributed by atoms with E-state index in [2.05, 4.69) is 5.10 Å². The molecule has 0 saturated carbocycles. The topological polar surface area (TPSA) is 44.1 Å². The third kappa shape index (κ3) is 2.38. The van der Waals surface area contributed by atoms with Crippen LogP contribution < -0.4 is 0 Å². The fraction of sp³-hybridized carbons (Fsp3) is 0.667. The maximum absolute atomic E-state index is 10.9. The lowest BCUT2D eigenvalue weighted by Gasteiger charge is -2.32. The first-order valence-electron chi connectivity index (χ1n) is 5.88. The van der Waals surface area contributed by atoms with Crippen molar-refractivity contribution in [3.05, 3.63) is 16.4 Å². The Bertz CT molecular complexity index is 420. The van der Waals surface area contributed by atoms with Crippen molar-refractivity contribution in [3.63, 3.8) is 0 Å². The Morgan fingerprint density at radius 2 is 2.00 bits per heavy atom. The van der Waals surface area contributed by atoms with E-state index in [1.54, 1.807) is 11.6 Å². The lowest BCUT2D eigenvalue weighted by atomic mass is 10.0. The zero-order valence-corrected chi connectivity index (χ0v) is 11.1. The number of carbonyl (C=O) groups is 1. The molecular weight excluding hydrogens is 240 g/mol. The SMILES string of the molecule is Cc1nn(C2C[C@@H](C)O[C@@H](C)C2)c(Cl)c1C=O. The molecule has 0 N–H and O–H groups in total. The summed E-state index contributed by atoms with van der Waals surface area (Å²) >= 11 is 6.19. The van der Waals surface area contributed by atoms with Gasteiger partial charge in [0.25, 0.3) is 0 Å². The predicted molar refractivity (Wildman–Crippen MR) is 65.6 cm³/mol. The Kier molecular flexibility index (Phi) is 3.54. The van der Waals surface area contributed by atoms with Gasteiger partial charge in [0.15, 0.2) is 6.29 Å². The number of aryl methyl sites for hydroxylation is 1. The molecule has 4 nitrogen and oxygen atoms in total. The van der Waals surface area contributed by atoms with Crippen molar-refractivity contribution >= 4 is 17.9 Å². The summed E-state index contributed by atoms with van der Waals surface area (Å²) in [5.74, 6) is 0. The van der Waals surface area contributed by atoms with Crippen molar-refractivity contribution in [2.45, 2.75) is 51.9 Å². The van der Waals surface area contributed by atoms with Gasteiger partial charge in [-0.25, -0.2) is 4.68 Å². The van der Waals surface area contributed by atoms with Gasteiger partial charge in [-0.1, -0.05) is 11.6 Å². The highest BCUT2D eigenvalue weighted by Gasteiger charge is 2.28. The summed E-state index contributed by atoms with van der Waals surface area (Å²) in [5, 5.41) is 4.82. The molecule has 2 heterocycles. The molecular formula is C12H17ClN2O2. The highest BCUT2D eigenvalue weighted by Crippen LogP contribution is 2.32. The van der Waals surface area contributed by atoms with Crippen molar-refractivity contribution in [1.82, 2.24) is 9.78 Å². The number of rotatable bonds is 2. The maximum Gasteiger partial charge on any atom is 0.155 e. The molecule has 0 amide bonds. The van der Waals surface area contributed by atoms with Crippen LogP contribution in [0, 0.1) is 6.92 Å². The van der Waals surface area contributed by atoms with Crippen molar-refractivity contribution < 1.29 is 9.53 Å². The molecule has 1 aliphatic rings. The van der Waals surface area contributed by atoms with Crippen LogP contribution in [0.3, 0.4) is 0 Å². The molecule has 1 fully saturated rings. The van der Waals surface area contributed by atoms with E-state index in [4.69, 9.17) is 16.3 Å². The molecule has 5 heteroatoms. The predicted octanol–water partition coefficient (Wildman–Crippen LogP) is 2.79. The van der Waals surface area contributed by atoms with E-state index >= 15 is 0 Å². The Hall–Kier alpha value is -0.870. The molecule has 1 saturated heterocycles. The van der Waals surface area contributed by atoms with Gasteiger partial charge < -0.3 is 4.74 Å². The van der Waals surface area contributed by atoms with E-state index in [0.717, 1.165) is 19.1 Å². The summed E-state index contributed by atoms with van der Waals surface area (Å²) < 4.78 is 7.46. The van der Waals surface area contributed by atoms with Crippen LogP contribution in [0.5, 0.6) is 0 Å². The summed E-state index contributed by atoms with van der Waals surface area (Å²) in [4.78, 5) is 10.9. The third-order valence-corrected chi connectivity index (χ3v) is 3.58. The minimum absolute atomic E-state index is 0.198. The molecule has 0 aliphatic carbocycles. The number of hydrogen-bond donors (Lipinski definition) is 0. The van der Waals surface area contributed by atoms with Gasteiger partial charge in [0, 0.05) is 0 Å². The van der Waals surface area contributed by atoms with Gasteiger partial charge in [-0.2, -0.15) is 5.10 Å². The van der Waals surface area contributed by atoms with Crippen LogP contribution in [-0.2, 0) is 4.74 Å². The molecule has 2 rings (SSSR count). The second-order valence-corrected chi connectivity index (χ2v) is 5.09. The van der Waals surface area contributed by atoms with E-state index in [0.29, 0.717) is 16.4 Å². The zero-order valence-electron chi connectivity index (χ0n) is 10.3. The molecule has 0 aromatic carbocycles. The van der Waals surface area contributed by atoms with Crippen molar-refractivity contribution in [2.24, 2.45) is 0 Å². The smallest absolute Gasteiger partial charge is 0.155 e. The quantitative estimate of drug-likeness (QED) is 0.765. The van der Waals surface area contributed by atoms with Gasteiger partial charge >= 0.3 is 0 Å². The first-order chi connectivity index (χ1) is 8.02. The second kappa shape index (κ2) is 4.78. The van der Waals surface area contributed by atoms with Gasteiger partial charge in [-0.15, -0.1) is 0 Å². The van der Waals surface area contributed by atoms with Crippen LogP contribution in [0.1, 0.15) is 48.8 Å². The number of aldehydes is 1. The van der Waals surface area contributed by atoms with E-state index in [9.17, 15) is 4.79 Å². The number of hydrogen-bond acceptors (Lipinski definition) is 3. The minimum Gasteiger partial charge on any atom is -0.375 e. The summed E-state index contributed by atoms with van der Waals surface area (Å²) in [7, 11) is 0. The number of ether oxygens (including phenoxy) is 1. The largest absolute Gasteiger partial charge is 0.375 e. The lowest BCUT2D eigenvalue weighted by molar-refractivity contribution is -0.0506. The molecule has 3 atom stereocenters. The van der Waals surface area contributed by atoms with Gasteiger partial charge in [0.1, 0.15) is 5.15 Å². The third-order valence-electron chi connectivity index (χ3n) is 3.21. The lowest BCUT2D eigenvalue weighted by Crippen LogP contribution is -2.31. The van der Waals surface area contributed by atoms with Crippen LogP contribution in [0.2, 0.25) is 5.15 Å². The molecule has 1 aromatic heterocycles. The standard InChI is InChI=1S/C12H17ClN2O2/c1-7-4-10(5-8(2)17-7)15-12(13)11(6-16)9(3)14-15/h6-8,10H,4-5H2,1-3H3/t7-,8+,10?. The fourth-order valence-corrected chi connectivity index (χ4v) is 2.83. The van der Waals surface area contributed by atoms with Gasteiger partial charge in [-0.3, -0.25) is 4.79 Å². The summed E-state index contributed by atoms with van der Waals surface area (Å²) in [6.45, 7) is 5.90. The van der Waals surface area contributed by atoms with Crippen LogP contribution in [0.15, 0.2) is 0 Å². The summed E-state index contributed by atoms with van der Waals surface area (Å²) in [6.07, 6.45) is 2.92. The first-order valence-corrected chi connectivity index (χ1v) is 6.26. The van der Waals surface area contributed by atoms with Crippen molar-refractivity contribution in [3.8, 4) is 0 Å². The molecule has 1 unspecified atom stereocenters. The average molecular weight is 257 g/mol. The van der Waals surface area contributed by atoms with Gasteiger partial charge in [0.05, 0.1) is 29.5 Å². The highest BCUT2D eigenvalue weighted by molar-refractivity contribution is 6.32. The number of nitrogens with zero attached hydrogens (tertiary/aromatic N) is 2. The van der Waals surface area contributed by atoms with Gasteiger partial charge in [0.2, 0.25) is 0 Å². The molecule has 1 aliphatic heterocycles. The van der Waals surface area contributed by atoms with Crippen molar-refractivity contribution in [1.29, 1.82) is 0 Å². The number of carbonyl (C=O) groups excluding carboxylic acids is 1. The van der Waals surface area contributed by atoms with Gasteiger partial charge in [-0.05, 0) is 33.6 Å². The molecule has 0 spiro atoms. The second-order valence-electron chi connectivity index (χ2n) is 4.73. The summed E-state index contributed by atoms with van der Waals surface area (Å²) in [6, 6.07) is 0.216. The Labute approximate surface area is 106 Å². The zero-order chi connectivity index (χ0) is 12.6. The van der Waals surface area contributed by atoms with E-state index < -0.39 is 0 Å². The van der Waals surface area contributed by atoms with E-state index in [1.807, 2.05) is 13.8 Å². The van der Waals surface area contributed by atoms with Crippen LogP contribution in [-0.4, -0.2) is 28.3 Å². The Morgan fingerprint density at radius 1 is 1.41 bits per heavy atom. The summed E-state index contributed by atoms with van der Waals surface area (Å²) in [5.41, 5.74) is 1.19. The normalized spacial score (nSPS) is 29.3. The molecule has 0 radical (unpaired) electrons. The van der Waals surface area contributed by atoms with Crippen LogP contribution >= 0.6 is 11.6 Å². The minimum atomic E-state index is 0.198. The van der Waals surface area contributed by atoms with Crippen LogP contribution in [0.4, 0.5) is 0 Å². The maximum atomic E-state index is 10.9. The number of halogens is 1. The Morgan fingerprint density at radius 3 is 2.47 bits per heavy atom. The molecule has 0 bridgehead atoms. The Balaban J connectivity index is 2.30. The average Bonchev–Trinajstić information content (AvgIpc) is 2.52. The highest BCUT2D eigenvalue weighted by atomic mass is 35.5. The first kappa shape index (κ1) is 12.6. The molecule has 94 valence electrons. The van der Waals surface area contributed by atoms with E-state index in [1.165, 1.54) is 0 Å². The molecule has 1 aromatic rings. The van der Waals surface area contributed by atoms with E-state index in [-0.39, 0.29) is 18.2 Å². The number of aromatic nitrogens is 2. The fourth-order valence-electron chi connectivity index (χ4n) is 2.48.